The summed E-state index contributed by atoms with van der Waals surface area (Å²) in [6, 6.07) is 18.1. The van der Waals surface area contributed by atoms with Gasteiger partial charge in [0.05, 0.1) is 24.4 Å². The smallest absolute Gasteiger partial charge is 0.266 e. The van der Waals surface area contributed by atoms with Gasteiger partial charge in [-0.25, -0.2) is 4.68 Å². The van der Waals surface area contributed by atoms with Crippen molar-refractivity contribution in [2.45, 2.75) is 13.5 Å². The van der Waals surface area contributed by atoms with Gasteiger partial charge in [0.2, 0.25) is 0 Å². The molecule has 0 aliphatic heterocycles. The Kier molecular flexibility index (Phi) is 6.80. The number of nitrogens with one attached hydrogen (secondary N) is 1. The van der Waals surface area contributed by atoms with Crippen molar-refractivity contribution < 1.29 is 9.53 Å². The number of amides is 1. The first-order chi connectivity index (χ1) is 13.6. The number of halogens is 1. The summed E-state index contributed by atoms with van der Waals surface area (Å²) in [5.74, 6) is 0.624. The van der Waals surface area contributed by atoms with Crippen molar-refractivity contribution >= 4 is 28.5 Å². The SMILES string of the molecule is CCOc1ccc(-c2ccc(=O)n(CCNC(=O)c3ccccc3I)n2)cc1. The van der Waals surface area contributed by atoms with Crippen LogP contribution in [-0.2, 0) is 6.54 Å². The summed E-state index contributed by atoms with van der Waals surface area (Å²) in [5, 5.41) is 7.25. The van der Waals surface area contributed by atoms with E-state index in [0.29, 0.717) is 31.0 Å². The third-order valence-corrected chi connectivity index (χ3v) is 5.00. The van der Waals surface area contributed by atoms with Gasteiger partial charge in [0.25, 0.3) is 11.5 Å². The molecule has 0 spiro atoms. The molecule has 0 aliphatic carbocycles. The Morgan fingerprint density at radius 1 is 1.11 bits per heavy atom. The summed E-state index contributed by atoms with van der Waals surface area (Å²) >= 11 is 2.13. The van der Waals surface area contributed by atoms with E-state index in [9.17, 15) is 9.59 Å². The molecule has 0 saturated carbocycles. The topological polar surface area (TPSA) is 73.2 Å². The Morgan fingerprint density at radius 2 is 1.86 bits per heavy atom. The van der Waals surface area contributed by atoms with Crippen LogP contribution in [0.3, 0.4) is 0 Å². The van der Waals surface area contributed by atoms with Gasteiger partial charge in [0.1, 0.15) is 5.75 Å². The number of carbonyl (C=O) groups is 1. The monoisotopic (exact) mass is 489 g/mol. The molecule has 0 aliphatic rings. The number of benzene rings is 2. The van der Waals surface area contributed by atoms with Crippen LogP contribution in [0.2, 0.25) is 0 Å². The Morgan fingerprint density at radius 3 is 2.57 bits per heavy atom. The normalized spacial score (nSPS) is 10.5. The minimum absolute atomic E-state index is 0.166. The first-order valence-corrected chi connectivity index (χ1v) is 10.0. The van der Waals surface area contributed by atoms with Crippen LogP contribution in [0.25, 0.3) is 11.3 Å². The zero-order valence-electron chi connectivity index (χ0n) is 15.4. The molecule has 0 unspecified atom stereocenters. The molecule has 1 amide bonds. The van der Waals surface area contributed by atoms with Gasteiger partial charge in [-0.3, -0.25) is 9.59 Å². The highest BCUT2D eigenvalue weighted by atomic mass is 127. The highest BCUT2D eigenvalue weighted by Gasteiger charge is 2.09. The van der Waals surface area contributed by atoms with Crippen molar-refractivity contribution in [2.75, 3.05) is 13.2 Å². The number of hydrogen-bond donors (Lipinski definition) is 1. The van der Waals surface area contributed by atoms with Crippen LogP contribution in [-0.4, -0.2) is 28.8 Å². The predicted octanol–water partition coefficient (Wildman–Crippen LogP) is 3.34. The van der Waals surface area contributed by atoms with Crippen LogP contribution in [0.4, 0.5) is 0 Å². The van der Waals surface area contributed by atoms with Crippen LogP contribution < -0.4 is 15.6 Å². The van der Waals surface area contributed by atoms with Crippen LogP contribution in [0.1, 0.15) is 17.3 Å². The molecule has 0 fully saturated rings. The summed E-state index contributed by atoms with van der Waals surface area (Å²) < 4.78 is 7.69. The van der Waals surface area contributed by atoms with E-state index in [1.165, 1.54) is 10.7 Å². The summed E-state index contributed by atoms with van der Waals surface area (Å²) in [4.78, 5) is 24.4. The van der Waals surface area contributed by atoms with Gasteiger partial charge in [0, 0.05) is 21.7 Å². The van der Waals surface area contributed by atoms with E-state index in [0.717, 1.165) is 14.9 Å². The molecule has 0 bridgehead atoms. The maximum Gasteiger partial charge on any atom is 0.266 e. The van der Waals surface area contributed by atoms with E-state index >= 15 is 0 Å². The lowest BCUT2D eigenvalue weighted by Gasteiger charge is -2.10. The summed E-state index contributed by atoms with van der Waals surface area (Å²) in [6.45, 7) is 3.14. The molecule has 144 valence electrons. The molecule has 1 N–H and O–H groups in total. The average Bonchev–Trinajstić information content (AvgIpc) is 2.70. The fourth-order valence-corrected chi connectivity index (χ4v) is 3.30. The molecule has 7 heteroatoms. The van der Waals surface area contributed by atoms with E-state index in [1.807, 2.05) is 49.4 Å². The number of aromatic nitrogens is 2. The zero-order valence-corrected chi connectivity index (χ0v) is 17.5. The highest BCUT2D eigenvalue weighted by molar-refractivity contribution is 14.1. The lowest BCUT2D eigenvalue weighted by Crippen LogP contribution is -2.32. The molecule has 0 saturated heterocycles. The Hall–Kier alpha value is -2.68. The summed E-state index contributed by atoms with van der Waals surface area (Å²) in [7, 11) is 0. The Labute approximate surface area is 176 Å². The minimum Gasteiger partial charge on any atom is -0.494 e. The predicted molar refractivity (Wildman–Crippen MR) is 117 cm³/mol. The fourth-order valence-electron chi connectivity index (χ4n) is 2.67. The Balaban J connectivity index is 1.67. The van der Waals surface area contributed by atoms with Crippen LogP contribution in [0.15, 0.2) is 65.5 Å². The van der Waals surface area contributed by atoms with Crippen molar-refractivity contribution in [2.24, 2.45) is 0 Å². The van der Waals surface area contributed by atoms with Crippen LogP contribution in [0.5, 0.6) is 5.75 Å². The molecular formula is C21H20IN3O3. The Bertz CT molecular complexity index is 1020. The van der Waals surface area contributed by atoms with Gasteiger partial charge >= 0.3 is 0 Å². The number of carbonyl (C=O) groups excluding carboxylic acids is 1. The van der Waals surface area contributed by atoms with Gasteiger partial charge in [-0.1, -0.05) is 12.1 Å². The van der Waals surface area contributed by atoms with Crippen molar-refractivity contribution in [3.05, 3.63) is 80.2 Å². The van der Waals surface area contributed by atoms with Gasteiger partial charge in [-0.2, -0.15) is 5.10 Å². The first-order valence-electron chi connectivity index (χ1n) is 8.92. The van der Waals surface area contributed by atoms with E-state index in [4.69, 9.17) is 4.74 Å². The largest absolute Gasteiger partial charge is 0.494 e. The molecule has 6 nitrogen and oxygen atoms in total. The molecule has 1 heterocycles. The second kappa shape index (κ2) is 9.50. The van der Waals surface area contributed by atoms with E-state index in [-0.39, 0.29) is 11.5 Å². The molecule has 3 aromatic rings. The molecule has 3 rings (SSSR count). The molecule has 0 radical (unpaired) electrons. The third-order valence-electron chi connectivity index (χ3n) is 4.06. The van der Waals surface area contributed by atoms with Crippen LogP contribution in [0, 0.1) is 3.57 Å². The van der Waals surface area contributed by atoms with E-state index < -0.39 is 0 Å². The number of ether oxygens (including phenoxy) is 1. The van der Waals surface area contributed by atoms with Crippen molar-refractivity contribution in [3.63, 3.8) is 0 Å². The quantitative estimate of drug-likeness (QED) is 0.517. The first kappa shape index (κ1) is 20.1. The van der Waals surface area contributed by atoms with Crippen molar-refractivity contribution in [1.82, 2.24) is 15.1 Å². The molecule has 1 aromatic heterocycles. The van der Waals surface area contributed by atoms with Gasteiger partial charge in [-0.05, 0) is 72.0 Å². The van der Waals surface area contributed by atoms with Gasteiger partial charge in [-0.15, -0.1) is 0 Å². The molecule has 0 atom stereocenters. The lowest BCUT2D eigenvalue weighted by atomic mass is 10.1. The highest BCUT2D eigenvalue weighted by Crippen LogP contribution is 2.19. The second-order valence-corrected chi connectivity index (χ2v) is 7.14. The molecular weight excluding hydrogens is 469 g/mol. The number of hydrogen-bond acceptors (Lipinski definition) is 4. The lowest BCUT2D eigenvalue weighted by molar-refractivity contribution is 0.0951. The van der Waals surface area contributed by atoms with Crippen molar-refractivity contribution in [1.29, 1.82) is 0 Å². The number of rotatable bonds is 7. The van der Waals surface area contributed by atoms with Crippen LogP contribution >= 0.6 is 22.6 Å². The standard InChI is InChI=1S/C21H20IN3O3/c1-2-28-16-9-7-15(8-10-16)19-11-12-20(26)25(24-19)14-13-23-21(27)17-5-3-4-6-18(17)22/h3-12H,2,13-14H2,1H3,(H,23,27). The third kappa shape index (κ3) is 4.98. The average molecular weight is 489 g/mol. The fraction of sp³-hybridized carbons (Fsp3) is 0.190. The second-order valence-electron chi connectivity index (χ2n) is 5.97. The van der Waals surface area contributed by atoms with E-state index in [1.54, 1.807) is 12.1 Å². The molecule has 2 aromatic carbocycles. The maximum atomic E-state index is 12.3. The summed E-state index contributed by atoms with van der Waals surface area (Å²) in [6.07, 6.45) is 0. The van der Waals surface area contributed by atoms with Gasteiger partial charge < -0.3 is 10.1 Å². The van der Waals surface area contributed by atoms with Gasteiger partial charge in [0.15, 0.2) is 0 Å². The molecule has 28 heavy (non-hydrogen) atoms. The van der Waals surface area contributed by atoms with E-state index in [2.05, 4.69) is 33.0 Å². The summed E-state index contributed by atoms with van der Waals surface area (Å²) in [5.41, 5.74) is 1.98. The number of nitrogens with zero attached hydrogens (tertiary/aromatic N) is 2. The maximum absolute atomic E-state index is 12.3. The zero-order chi connectivity index (χ0) is 19.9. The minimum atomic E-state index is -0.210. The van der Waals surface area contributed by atoms with Crippen molar-refractivity contribution in [3.8, 4) is 17.0 Å².